The fraction of sp³-hybridized carbons (Fsp3) is 0.125. The van der Waals surface area contributed by atoms with Crippen LogP contribution < -0.4 is 16.0 Å². The van der Waals surface area contributed by atoms with Gasteiger partial charge in [0.1, 0.15) is 0 Å². The summed E-state index contributed by atoms with van der Waals surface area (Å²) >= 11 is 0. The van der Waals surface area contributed by atoms with Crippen molar-refractivity contribution in [2.45, 2.75) is 13.1 Å². The Morgan fingerprint density at radius 1 is 0.789 bits per heavy atom. The highest BCUT2D eigenvalue weighted by molar-refractivity contribution is 6.37. The van der Waals surface area contributed by atoms with Crippen molar-refractivity contribution >= 4 is 34.5 Å². The fourth-order valence-corrected chi connectivity index (χ4v) is 4.69. The van der Waals surface area contributed by atoms with Crippen molar-refractivity contribution in [3.05, 3.63) is 131 Å². The van der Waals surface area contributed by atoms with Crippen molar-refractivity contribution in [2.75, 3.05) is 24.7 Å². The number of rotatable bonds is 8. The quantitative estimate of drug-likeness (QED) is 0.274. The third kappa shape index (κ3) is 5.51. The Kier molecular flexibility index (Phi) is 7.33. The molecule has 6 heteroatoms. The van der Waals surface area contributed by atoms with Gasteiger partial charge in [0.2, 0.25) is 0 Å². The van der Waals surface area contributed by atoms with Crippen LogP contribution in [-0.2, 0) is 17.9 Å². The van der Waals surface area contributed by atoms with Crippen molar-refractivity contribution in [1.29, 1.82) is 0 Å². The normalized spacial score (nSPS) is 13.6. The van der Waals surface area contributed by atoms with Gasteiger partial charge in [0, 0.05) is 42.6 Å². The van der Waals surface area contributed by atoms with Gasteiger partial charge in [-0.25, -0.2) is 0 Å². The number of nitrogens with zero attached hydrogens (tertiary/aromatic N) is 1. The van der Waals surface area contributed by atoms with Gasteiger partial charge in [-0.3, -0.25) is 14.5 Å². The summed E-state index contributed by atoms with van der Waals surface area (Å²) in [7, 11) is 3.70. The summed E-state index contributed by atoms with van der Waals surface area (Å²) < 4.78 is 0. The third-order valence-corrected chi connectivity index (χ3v) is 6.54. The van der Waals surface area contributed by atoms with E-state index in [1.165, 1.54) is 11.1 Å². The first-order valence-electron chi connectivity index (χ1n) is 12.6. The van der Waals surface area contributed by atoms with Gasteiger partial charge in [-0.15, -0.1) is 0 Å². The molecule has 0 saturated heterocycles. The molecule has 0 saturated carbocycles. The molecule has 0 fully saturated rings. The predicted octanol–water partition coefficient (Wildman–Crippen LogP) is 5.61. The number of amides is 2. The molecule has 1 aliphatic heterocycles. The van der Waals surface area contributed by atoms with Crippen LogP contribution in [0.1, 0.15) is 32.6 Å². The molecule has 0 atom stereocenters. The Bertz CT molecular complexity index is 1480. The van der Waals surface area contributed by atoms with E-state index in [0.717, 1.165) is 24.3 Å². The standard InChI is InChI=1S/C32H30N4O2/c1-33-31(37)25-15-18-28-27(19-25)29(32(38)35-28)30(24-11-7-4-8-12-24)34-26-16-13-23(14-17-26)21-36(2)20-22-9-5-3-6-10-22/h3-19,34H,20-21H2,1-2H3,(H,33,37)(H,35,38)/b30-29-. The van der Waals surface area contributed by atoms with Gasteiger partial charge < -0.3 is 16.0 Å². The molecule has 5 rings (SSSR count). The highest BCUT2D eigenvalue weighted by Gasteiger charge is 2.29. The highest BCUT2D eigenvalue weighted by atomic mass is 16.2. The van der Waals surface area contributed by atoms with Crippen molar-refractivity contribution in [3.63, 3.8) is 0 Å². The molecule has 4 aromatic rings. The van der Waals surface area contributed by atoms with Gasteiger partial charge >= 0.3 is 0 Å². The largest absolute Gasteiger partial charge is 0.355 e. The van der Waals surface area contributed by atoms with Gasteiger partial charge in [-0.2, -0.15) is 0 Å². The first-order chi connectivity index (χ1) is 18.5. The van der Waals surface area contributed by atoms with Gasteiger partial charge in [0.25, 0.3) is 11.8 Å². The third-order valence-electron chi connectivity index (χ3n) is 6.54. The van der Waals surface area contributed by atoms with Crippen molar-refractivity contribution in [1.82, 2.24) is 10.2 Å². The molecule has 6 nitrogen and oxygen atoms in total. The highest BCUT2D eigenvalue weighted by Crippen LogP contribution is 2.38. The van der Waals surface area contributed by atoms with Gasteiger partial charge in [-0.1, -0.05) is 72.8 Å². The van der Waals surface area contributed by atoms with Crippen LogP contribution in [-0.4, -0.2) is 30.8 Å². The van der Waals surface area contributed by atoms with Crippen molar-refractivity contribution < 1.29 is 9.59 Å². The van der Waals surface area contributed by atoms with E-state index in [0.29, 0.717) is 28.1 Å². The number of hydrogen-bond acceptors (Lipinski definition) is 4. The molecule has 0 aliphatic carbocycles. The minimum atomic E-state index is -0.209. The number of nitrogens with one attached hydrogen (secondary N) is 3. The van der Waals surface area contributed by atoms with Crippen LogP contribution in [0.25, 0.3) is 11.3 Å². The van der Waals surface area contributed by atoms with Crippen LogP contribution in [0.5, 0.6) is 0 Å². The summed E-state index contributed by atoms with van der Waals surface area (Å²) in [4.78, 5) is 27.8. The molecule has 1 heterocycles. The Hall–Kier alpha value is -4.68. The van der Waals surface area contributed by atoms with Crippen molar-refractivity contribution in [3.8, 4) is 0 Å². The Labute approximate surface area is 223 Å². The Morgan fingerprint density at radius 2 is 1.42 bits per heavy atom. The van der Waals surface area contributed by atoms with E-state index in [4.69, 9.17) is 0 Å². The molecule has 0 unspecified atom stereocenters. The summed E-state index contributed by atoms with van der Waals surface area (Å²) in [5.41, 5.74) is 7.29. The number of anilines is 2. The number of fused-ring (bicyclic) bond motifs is 1. The Morgan fingerprint density at radius 3 is 2.08 bits per heavy atom. The van der Waals surface area contributed by atoms with Crippen molar-refractivity contribution in [2.24, 2.45) is 0 Å². The van der Waals surface area contributed by atoms with E-state index in [-0.39, 0.29) is 11.8 Å². The van der Waals surface area contributed by atoms with Gasteiger partial charge in [0.05, 0.1) is 11.3 Å². The zero-order valence-electron chi connectivity index (χ0n) is 21.5. The minimum absolute atomic E-state index is 0.200. The molecule has 0 radical (unpaired) electrons. The second kappa shape index (κ2) is 11.2. The van der Waals surface area contributed by atoms with Gasteiger partial charge in [-0.05, 0) is 54.1 Å². The molecule has 3 N–H and O–H groups in total. The number of carbonyl (C=O) groups is 2. The number of benzene rings is 4. The molecule has 0 aromatic heterocycles. The SMILES string of the molecule is CNC(=O)c1ccc2c(c1)/C(=C(/Nc1ccc(CN(C)Cc3ccccc3)cc1)c1ccccc1)C(=O)N2. The molecule has 190 valence electrons. The minimum Gasteiger partial charge on any atom is -0.355 e. The van der Waals surface area contributed by atoms with Crippen LogP contribution >= 0.6 is 0 Å². The lowest BCUT2D eigenvalue weighted by molar-refractivity contribution is -0.110. The zero-order chi connectivity index (χ0) is 26.5. The molecular weight excluding hydrogens is 472 g/mol. The molecule has 0 spiro atoms. The van der Waals surface area contributed by atoms with Crippen LogP contribution in [0.15, 0.2) is 103 Å². The summed E-state index contributed by atoms with van der Waals surface area (Å²) in [5.74, 6) is -0.409. The molecule has 38 heavy (non-hydrogen) atoms. The maximum atomic E-state index is 13.2. The average molecular weight is 503 g/mol. The fourth-order valence-electron chi connectivity index (χ4n) is 4.69. The summed E-state index contributed by atoms with van der Waals surface area (Å²) in [5, 5.41) is 9.09. The maximum Gasteiger partial charge on any atom is 0.258 e. The van der Waals surface area contributed by atoms with E-state index in [1.54, 1.807) is 25.2 Å². The summed E-state index contributed by atoms with van der Waals surface area (Å²) in [6.07, 6.45) is 0. The molecular formula is C32H30N4O2. The van der Waals surface area contributed by atoms with E-state index in [9.17, 15) is 9.59 Å². The lowest BCUT2D eigenvalue weighted by atomic mass is 9.98. The second-order valence-electron chi connectivity index (χ2n) is 9.39. The van der Waals surface area contributed by atoms with E-state index in [2.05, 4.69) is 64.3 Å². The first kappa shape index (κ1) is 25.0. The molecule has 2 amide bonds. The molecule has 1 aliphatic rings. The van der Waals surface area contributed by atoms with Crippen LogP contribution in [0, 0.1) is 0 Å². The predicted molar refractivity (Wildman–Crippen MR) is 153 cm³/mol. The Balaban J connectivity index is 1.44. The van der Waals surface area contributed by atoms with E-state index in [1.807, 2.05) is 48.5 Å². The molecule has 4 aromatic carbocycles. The zero-order valence-corrected chi connectivity index (χ0v) is 21.5. The first-order valence-corrected chi connectivity index (χ1v) is 12.6. The van der Waals surface area contributed by atoms with Crippen LogP contribution in [0.2, 0.25) is 0 Å². The van der Waals surface area contributed by atoms with E-state index < -0.39 is 0 Å². The molecule has 0 bridgehead atoms. The topological polar surface area (TPSA) is 73.5 Å². The average Bonchev–Trinajstić information content (AvgIpc) is 3.27. The lowest BCUT2D eigenvalue weighted by Crippen LogP contribution is -2.17. The summed E-state index contributed by atoms with van der Waals surface area (Å²) in [6, 6.07) is 33.7. The van der Waals surface area contributed by atoms with Crippen LogP contribution in [0.4, 0.5) is 11.4 Å². The second-order valence-corrected chi connectivity index (χ2v) is 9.39. The summed E-state index contributed by atoms with van der Waals surface area (Å²) in [6.45, 7) is 1.69. The number of hydrogen-bond donors (Lipinski definition) is 3. The van der Waals surface area contributed by atoms with Gasteiger partial charge in [0.15, 0.2) is 0 Å². The maximum absolute atomic E-state index is 13.2. The monoisotopic (exact) mass is 502 g/mol. The smallest absolute Gasteiger partial charge is 0.258 e. The van der Waals surface area contributed by atoms with E-state index >= 15 is 0 Å². The van der Waals surface area contributed by atoms with Crippen LogP contribution in [0.3, 0.4) is 0 Å². The lowest BCUT2D eigenvalue weighted by Gasteiger charge is -2.18. The number of carbonyl (C=O) groups excluding carboxylic acids is 2.